The van der Waals surface area contributed by atoms with Gasteiger partial charge in [0, 0.05) is 24.4 Å². The van der Waals surface area contributed by atoms with Crippen molar-refractivity contribution in [3.8, 4) is 0 Å². The molecule has 1 saturated heterocycles. The molecular weight excluding hydrogens is 209 g/mol. The van der Waals surface area contributed by atoms with Crippen molar-refractivity contribution in [3.05, 3.63) is 0 Å². The lowest BCUT2D eigenvalue weighted by molar-refractivity contribution is -0.137. The van der Waals surface area contributed by atoms with E-state index in [1.54, 1.807) is 0 Å². The van der Waals surface area contributed by atoms with Crippen LogP contribution in [-0.2, 0) is 4.79 Å². The molecule has 1 aliphatic heterocycles. The highest BCUT2D eigenvalue weighted by molar-refractivity contribution is 5.85. The maximum absolute atomic E-state index is 13.3. The van der Waals surface area contributed by atoms with Crippen molar-refractivity contribution >= 4 is 18.4 Å². The highest BCUT2D eigenvalue weighted by Gasteiger charge is 2.42. The summed E-state index contributed by atoms with van der Waals surface area (Å²) < 4.78 is 13.3. The van der Waals surface area contributed by atoms with Gasteiger partial charge in [0.1, 0.15) is 6.17 Å². The number of carboxylic acid groups (broad SMARTS) is 1. The van der Waals surface area contributed by atoms with Crippen molar-refractivity contribution < 1.29 is 14.3 Å². The Kier molecular flexibility index (Phi) is 4.81. The van der Waals surface area contributed by atoms with E-state index in [1.165, 1.54) is 0 Å². The van der Waals surface area contributed by atoms with Gasteiger partial charge in [-0.3, -0.25) is 4.79 Å². The summed E-state index contributed by atoms with van der Waals surface area (Å²) in [7, 11) is 0. The first-order valence-corrected chi connectivity index (χ1v) is 4.54. The average molecular weight is 226 g/mol. The quantitative estimate of drug-likeness (QED) is 0.767. The van der Waals surface area contributed by atoms with E-state index in [0.29, 0.717) is 13.0 Å². The third-order valence-electron chi connectivity index (χ3n) is 2.90. The molecule has 2 unspecified atom stereocenters. The van der Waals surface area contributed by atoms with Gasteiger partial charge in [-0.15, -0.1) is 12.4 Å². The Labute approximate surface area is 89.5 Å². The third-order valence-corrected chi connectivity index (χ3v) is 2.90. The van der Waals surface area contributed by atoms with Gasteiger partial charge in [0.15, 0.2) is 0 Å². The topological polar surface area (TPSA) is 49.3 Å². The van der Waals surface area contributed by atoms with Crippen LogP contribution in [0.25, 0.3) is 0 Å². The zero-order valence-corrected chi connectivity index (χ0v) is 9.23. The van der Waals surface area contributed by atoms with Crippen molar-refractivity contribution in [2.75, 3.05) is 6.54 Å². The fourth-order valence-corrected chi connectivity index (χ4v) is 1.73. The van der Waals surface area contributed by atoms with Gasteiger partial charge in [-0.25, -0.2) is 4.39 Å². The van der Waals surface area contributed by atoms with E-state index in [4.69, 9.17) is 5.11 Å². The van der Waals surface area contributed by atoms with Gasteiger partial charge < -0.3 is 10.4 Å². The number of aliphatic carboxylic acids is 1. The van der Waals surface area contributed by atoms with Gasteiger partial charge in [-0.05, 0) is 6.42 Å². The maximum Gasteiger partial charge on any atom is 0.303 e. The summed E-state index contributed by atoms with van der Waals surface area (Å²) in [5.74, 6) is -0.820. The molecule has 0 aromatic rings. The molecule has 1 rings (SSSR count). The number of halogens is 2. The predicted octanol–water partition coefficient (Wildman–Crippen LogP) is 1.61. The first kappa shape index (κ1) is 13.7. The molecule has 1 fully saturated rings. The second kappa shape index (κ2) is 4.94. The van der Waals surface area contributed by atoms with E-state index in [9.17, 15) is 9.18 Å². The molecule has 0 bridgehead atoms. The van der Waals surface area contributed by atoms with Crippen LogP contribution in [0, 0.1) is 5.41 Å². The normalized spacial score (nSPS) is 29.6. The minimum Gasteiger partial charge on any atom is -0.481 e. The van der Waals surface area contributed by atoms with E-state index >= 15 is 0 Å². The number of alkyl halides is 1. The zero-order chi connectivity index (χ0) is 10.1. The largest absolute Gasteiger partial charge is 0.481 e. The lowest BCUT2D eigenvalue weighted by Gasteiger charge is -2.27. The molecule has 3 nitrogen and oxygen atoms in total. The van der Waals surface area contributed by atoms with Crippen LogP contribution in [0.5, 0.6) is 0 Å². The second-order valence-electron chi connectivity index (χ2n) is 4.18. The lowest BCUT2D eigenvalue weighted by Crippen LogP contribution is -2.35. The Morgan fingerprint density at radius 3 is 2.57 bits per heavy atom. The van der Waals surface area contributed by atoms with Crippen LogP contribution in [0.15, 0.2) is 0 Å². The van der Waals surface area contributed by atoms with Crippen molar-refractivity contribution in [1.29, 1.82) is 0 Å². The van der Waals surface area contributed by atoms with Gasteiger partial charge in [-0.1, -0.05) is 13.8 Å². The minimum atomic E-state index is -0.869. The van der Waals surface area contributed by atoms with Gasteiger partial charge in [0.25, 0.3) is 0 Å². The third kappa shape index (κ3) is 2.82. The molecule has 0 spiro atoms. The Hall–Kier alpha value is -0.350. The van der Waals surface area contributed by atoms with Crippen LogP contribution in [0.4, 0.5) is 4.39 Å². The molecular formula is C9H17ClFNO2. The number of nitrogens with one attached hydrogen (secondary N) is 1. The highest BCUT2D eigenvalue weighted by atomic mass is 35.5. The summed E-state index contributed by atoms with van der Waals surface area (Å²) in [5.41, 5.74) is -0.435. The van der Waals surface area contributed by atoms with Gasteiger partial charge in [0.2, 0.25) is 0 Å². The first-order valence-electron chi connectivity index (χ1n) is 4.54. The number of carbonyl (C=O) groups is 1. The second-order valence-corrected chi connectivity index (χ2v) is 4.18. The fourth-order valence-electron chi connectivity index (χ4n) is 1.73. The first-order chi connectivity index (χ1) is 5.94. The molecule has 2 atom stereocenters. The van der Waals surface area contributed by atoms with Crippen LogP contribution in [0.3, 0.4) is 0 Å². The number of hydrogen-bond acceptors (Lipinski definition) is 2. The van der Waals surface area contributed by atoms with Crippen LogP contribution < -0.4 is 5.32 Å². The summed E-state index contributed by atoms with van der Waals surface area (Å²) in [4.78, 5) is 10.3. The summed E-state index contributed by atoms with van der Waals surface area (Å²) in [6.07, 6.45) is -0.261. The molecule has 14 heavy (non-hydrogen) atoms. The van der Waals surface area contributed by atoms with Crippen molar-refractivity contribution in [2.45, 2.75) is 38.9 Å². The van der Waals surface area contributed by atoms with E-state index in [0.717, 1.165) is 0 Å². The summed E-state index contributed by atoms with van der Waals surface area (Å²) in [5, 5.41) is 11.5. The molecule has 1 heterocycles. The molecule has 0 aromatic heterocycles. The molecule has 0 saturated carbocycles. The standard InChI is InChI=1S/C9H16FNO2.ClH/c1-9(2)6(10)5-11-7(9)3-4-8(12)13;/h6-7,11H,3-5H2,1-2H3,(H,12,13);1H. The summed E-state index contributed by atoms with van der Waals surface area (Å²) in [6, 6.07) is -0.0152. The van der Waals surface area contributed by atoms with Gasteiger partial charge >= 0.3 is 5.97 Å². The molecule has 84 valence electrons. The number of hydrogen-bond donors (Lipinski definition) is 2. The van der Waals surface area contributed by atoms with Crippen molar-refractivity contribution in [3.63, 3.8) is 0 Å². The van der Waals surface area contributed by atoms with E-state index < -0.39 is 17.6 Å². The van der Waals surface area contributed by atoms with Crippen molar-refractivity contribution in [1.82, 2.24) is 5.32 Å². The average Bonchev–Trinajstić information content (AvgIpc) is 2.25. The number of rotatable bonds is 3. The van der Waals surface area contributed by atoms with Gasteiger partial charge in [-0.2, -0.15) is 0 Å². The van der Waals surface area contributed by atoms with Gasteiger partial charge in [0.05, 0.1) is 0 Å². The molecule has 0 aromatic carbocycles. The summed E-state index contributed by atoms with van der Waals surface area (Å²) >= 11 is 0. The smallest absolute Gasteiger partial charge is 0.303 e. The fraction of sp³-hybridized carbons (Fsp3) is 0.889. The molecule has 5 heteroatoms. The Balaban J connectivity index is 0.00000169. The lowest BCUT2D eigenvalue weighted by atomic mass is 9.81. The molecule has 0 aliphatic carbocycles. The molecule has 2 N–H and O–H groups in total. The predicted molar refractivity (Wildman–Crippen MR) is 54.6 cm³/mol. The van der Waals surface area contributed by atoms with E-state index in [-0.39, 0.29) is 24.9 Å². The summed E-state index contributed by atoms with van der Waals surface area (Å²) in [6.45, 7) is 4.02. The number of carboxylic acids is 1. The molecule has 0 radical (unpaired) electrons. The SMILES string of the molecule is CC1(C)C(F)CNC1CCC(=O)O.Cl. The molecule has 0 amide bonds. The van der Waals surface area contributed by atoms with E-state index in [1.807, 2.05) is 13.8 Å². The monoisotopic (exact) mass is 225 g/mol. The Morgan fingerprint density at radius 1 is 1.64 bits per heavy atom. The van der Waals surface area contributed by atoms with Crippen LogP contribution in [0.2, 0.25) is 0 Å². The Morgan fingerprint density at radius 2 is 2.21 bits per heavy atom. The van der Waals surface area contributed by atoms with Crippen LogP contribution in [-0.4, -0.2) is 29.8 Å². The van der Waals surface area contributed by atoms with Crippen LogP contribution >= 0.6 is 12.4 Å². The Bertz CT molecular complexity index is 211. The maximum atomic E-state index is 13.3. The minimum absolute atomic E-state index is 0. The highest BCUT2D eigenvalue weighted by Crippen LogP contribution is 2.34. The van der Waals surface area contributed by atoms with E-state index in [2.05, 4.69) is 5.32 Å². The van der Waals surface area contributed by atoms with Crippen molar-refractivity contribution in [2.24, 2.45) is 5.41 Å². The zero-order valence-electron chi connectivity index (χ0n) is 8.42. The molecule has 1 aliphatic rings. The van der Waals surface area contributed by atoms with Crippen LogP contribution in [0.1, 0.15) is 26.7 Å².